The van der Waals surface area contributed by atoms with Gasteiger partial charge in [-0.15, -0.1) is 0 Å². The largest absolute Gasteiger partial charge is 0.399 e. The molecule has 17 heavy (non-hydrogen) atoms. The lowest BCUT2D eigenvalue weighted by Gasteiger charge is -2.30. The highest BCUT2D eigenvalue weighted by atomic mass is 15.2. The summed E-state index contributed by atoms with van der Waals surface area (Å²) in [6.07, 6.45) is 8.29. The van der Waals surface area contributed by atoms with Gasteiger partial charge in [-0.05, 0) is 49.9 Å². The fraction of sp³-hybridized carbons (Fsp3) is 0.600. The number of hydrogen-bond donors (Lipinski definition) is 1. The van der Waals surface area contributed by atoms with Gasteiger partial charge in [0.15, 0.2) is 0 Å². The lowest BCUT2D eigenvalue weighted by atomic mass is 10.0. The summed E-state index contributed by atoms with van der Waals surface area (Å²) in [6, 6.07) is 9.95. The van der Waals surface area contributed by atoms with Crippen molar-refractivity contribution in [2.75, 3.05) is 12.3 Å². The number of nitrogen functional groups attached to an aromatic ring is 1. The summed E-state index contributed by atoms with van der Waals surface area (Å²) in [6.45, 7) is 1.28. The minimum absolute atomic E-state index is 0.626. The molecule has 1 saturated carbocycles. The lowest BCUT2D eigenvalue weighted by molar-refractivity contribution is 0.183. The zero-order valence-electron chi connectivity index (χ0n) is 10.4. The molecule has 2 N–H and O–H groups in total. The van der Waals surface area contributed by atoms with E-state index in [0.717, 1.165) is 11.7 Å². The molecule has 2 nitrogen and oxygen atoms in total. The Kier molecular flexibility index (Phi) is 3.06. The number of nitrogens with two attached hydrogens (primary N) is 1. The van der Waals surface area contributed by atoms with Crippen LogP contribution in [0.3, 0.4) is 0 Å². The van der Waals surface area contributed by atoms with E-state index < -0.39 is 0 Å². The Morgan fingerprint density at radius 2 is 1.88 bits per heavy atom. The van der Waals surface area contributed by atoms with Crippen LogP contribution in [-0.4, -0.2) is 17.5 Å². The maximum atomic E-state index is 5.91. The number of likely N-dealkylation sites (tertiary alicyclic amines) is 1. The van der Waals surface area contributed by atoms with Crippen LogP contribution in [0.25, 0.3) is 0 Å². The van der Waals surface area contributed by atoms with E-state index in [1.807, 2.05) is 6.07 Å². The topological polar surface area (TPSA) is 29.3 Å². The van der Waals surface area contributed by atoms with Crippen LogP contribution in [0.4, 0.5) is 5.69 Å². The van der Waals surface area contributed by atoms with Gasteiger partial charge >= 0.3 is 0 Å². The Hall–Kier alpha value is -1.02. The van der Waals surface area contributed by atoms with E-state index in [-0.39, 0.29) is 0 Å². The minimum atomic E-state index is 0.626. The van der Waals surface area contributed by atoms with Crippen molar-refractivity contribution in [3.63, 3.8) is 0 Å². The zero-order valence-corrected chi connectivity index (χ0v) is 10.4. The Labute approximate surface area is 104 Å². The molecule has 0 amide bonds. The average Bonchev–Trinajstić information content (AvgIpc) is 3.00. The van der Waals surface area contributed by atoms with Gasteiger partial charge in [-0.3, -0.25) is 4.90 Å². The molecule has 2 fully saturated rings. The fourth-order valence-corrected chi connectivity index (χ4v) is 3.59. The molecular formula is C15H22N2. The molecule has 0 spiro atoms. The average molecular weight is 230 g/mol. The number of rotatable bonds is 2. The van der Waals surface area contributed by atoms with Gasteiger partial charge in [0.05, 0.1) is 0 Å². The van der Waals surface area contributed by atoms with Gasteiger partial charge in [0, 0.05) is 17.8 Å². The van der Waals surface area contributed by atoms with Gasteiger partial charge in [-0.1, -0.05) is 25.0 Å². The first-order chi connectivity index (χ1) is 8.34. The normalized spacial score (nSPS) is 26.7. The maximum absolute atomic E-state index is 5.91. The molecule has 1 heterocycles. The van der Waals surface area contributed by atoms with Crippen molar-refractivity contribution in [3.8, 4) is 0 Å². The molecule has 1 atom stereocenters. The minimum Gasteiger partial charge on any atom is -0.399 e. The Morgan fingerprint density at radius 1 is 1.06 bits per heavy atom. The molecule has 1 aliphatic carbocycles. The number of nitrogens with zero attached hydrogens (tertiary/aromatic N) is 1. The second-order valence-corrected chi connectivity index (χ2v) is 5.50. The smallest absolute Gasteiger partial charge is 0.0352 e. The standard InChI is InChI=1S/C15H22N2/c16-13-6-3-5-12(11-13)15-9-4-10-17(15)14-7-1-2-8-14/h3,5-6,11,14-15H,1-2,4,7-10,16H2. The Balaban J connectivity index is 1.81. The van der Waals surface area contributed by atoms with E-state index in [2.05, 4.69) is 23.1 Å². The molecule has 1 unspecified atom stereocenters. The van der Waals surface area contributed by atoms with Crippen molar-refractivity contribution in [2.45, 2.75) is 50.6 Å². The number of anilines is 1. The summed E-state index contributed by atoms with van der Waals surface area (Å²) >= 11 is 0. The van der Waals surface area contributed by atoms with Crippen LogP contribution in [0, 0.1) is 0 Å². The summed E-state index contributed by atoms with van der Waals surface area (Å²) < 4.78 is 0. The first-order valence-corrected chi connectivity index (χ1v) is 6.96. The van der Waals surface area contributed by atoms with E-state index in [4.69, 9.17) is 5.73 Å². The summed E-state index contributed by atoms with van der Waals surface area (Å²) in [5, 5.41) is 0. The molecule has 1 aromatic carbocycles. The van der Waals surface area contributed by atoms with E-state index in [9.17, 15) is 0 Å². The van der Waals surface area contributed by atoms with Crippen molar-refractivity contribution in [1.29, 1.82) is 0 Å². The lowest BCUT2D eigenvalue weighted by Crippen LogP contribution is -2.32. The van der Waals surface area contributed by atoms with Crippen molar-refractivity contribution in [1.82, 2.24) is 4.90 Å². The first kappa shape index (κ1) is 11.1. The van der Waals surface area contributed by atoms with Gasteiger partial charge in [0.1, 0.15) is 0 Å². The Bertz CT molecular complexity index is 382. The third-order valence-corrected chi connectivity index (χ3v) is 4.38. The highest BCUT2D eigenvalue weighted by Crippen LogP contribution is 2.38. The number of hydrogen-bond acceptors (Lipinski definition) is 2. The van der Waals surface area contributed by atoms with Crippen molar-refractivity contribution in [2.24, 2.45) is 0 Å². The monoisotopic (exact) mass is 230 g/mol. The zero-order chi connectivity index (χ0) is 11.7. The second kappa shape index (κ2) is 4.69. The van der Waals surface area contributed by atoms with Gasteiger partial charge in [0.25, 0.3) is 0 Å². The number of benzene rings is 1. The molecule has 92 valence electrons. The van der Waals surface area contributed by atoms with Crippen LogP contribution in [0.2, 0.25) is 0 Å². The molecule has 1 aliphatic heterocycles. The second-order valence-electron chi connectivity index (χ2n) is 5.50. The predicted molar refractivity (Wildman–Crippen MR) is 71.8 cm³/mol. The van der Waals surface area contributed by atoms with Crippen LogP contribution >= 0.6 is 0 Å². The summed E-state index contributed by atoms with van der Waals surface area (Å²) in [5.74, 6) is 0. The molecule has 0 radical (unpaired) electrons. The van der Waals surface area contributed by atoms with Gasteiger partial charge in [-0.25, -0.2) is 0 Å². The first-order valence-electron chi connectivity index (χ1n) is 6.96. The van der Waals surface area contributed by atoms with E-state index in [1.165, 1.54) is 50.6 Å². The highest BCUT2D eigenvalue weighted by molar-refractivity contribution is 5.42. The SMILES string of the molecule is Nc1cccc(C2CCCN2C2CCCC2)c1. The van der Waals surface area contributed by atoms with E-state index >= 15 is 0 Å². The van der Waals surface area contributed by atoms with Crippen LogP contribution < -0.4 is 5.73 Å². The molecule has 0 aromatic heterocycles. The molecule has 2 heteroatoms. The van der Waals surface area contributed by atoms with Crippen LogP contribution in [0.1, 0.15) is 50.1 Å². The quantitative estimate of drug-likeness (QED) is 0.789. The third kappa shape index (κ3) is 2.19. The summed E-state index contributed by atoms with van der Waals surface area (Å²) in [7, 11) is 0. The predicted octanol–water partition coefficient (Wildman–Crippen LogP) is 3.35. The summed E-state index contributed by atoms with van der Waals surface area (Å²) in [4.78, 5) is 2.74. The van der Waals surface area contributed by atoms with Crippen molar-refractivity contribution >= 4 is 5.69 Å². The van der Waals surface area contributed by atoms with Crippen LogP contribution in [0.5, 0.6) is 0 Å². The van der Waals surface area contributed by atoms with Crippen LogP contribution in [-0.2, 0) is 0 Å². The highest BCUT2D eigenvalue weighted by Gasteiger charge is 2.32. The fourth-order valence-electron chi connectivity index (χ4n) is 3.59. The van der Waals surface area contributed by atoms with E-state index in [1.54, 1.807) is 0 Å². The van der Waals surface area contributed by atoms with Crippen molar-refractivity contribution in [3.05, 3.63) is 29.8 Å². The van der Waals surface area contributed by atoms with Crippen LogP contribution in [0.15, 0.2) is 24.3 Å². The van der Waals surface area contributed by atoms with Gasteiger partial charge in [0.2, 0.25) is 0 Å². The maximum Gasteiger partial charge on any atom is 0.0352 e. The van der Waals surface area contributed by atoms with Gasteiger partial charge in [-0.2, -0.15) is 0 Å². The Morgan fingerprint density at radius 3 is 2.65 bits per heavy atom. The molecule has 3 rings (SSSR count). The summed E-state index contributed by atoms with van der Waals surface area (Å²) in [5.41, 5.74) is 8.24. The van der Waals surface area contributed by atoms with Crippen molar-refractivity contribution < 1.29 is 0 Å². The molecule has 2 aliphatic rings. The molecule has 1 aromatic rings. The van der Waals surface area contributed by atoms with Gasteiger partial charge < -0.3 is 5.73 Å². The molecule has 1 saturated heterocycles. The van der Waals surface area contributed by atoms with E-state index in [0.29, 0.717) is 6.04 Å². The molecular weight excluding hydrogens is 208 g/mol. The third-order valence-electron chi connectivity index (χ3n) is 4.38. The molecule has 0 bridgehead atoms.